The van der Waals surface area contributed by atoms with Crippen LogP contribution in [0, 0.1) is 0 Å². The zero-order chi connectivity index (χ0) is 21.0. The standard InChI is InChI=1S/C25H17N3O2S/c29-24(21-15-23(30-28-21)20-9-5-2-6-10-20)27-25-26-22(16-31-25)19-13-11-18(12-14-19)17-7-3-1-4-8-17/h1-16H,(H,26,27,29). The van der Waals surface area contributed by atoms with Gasteiger partial charge in [0.25, 0.3) is 5.91 Å². The van der Waals surface area contributed by atoms with Crippen molar-refractivity contribution in [2.45, 2.75) is 0 Å². The maximum Gasteiger partial charge on any atom is 0.279 e. The van der Waals surface area contributed by atoms with Crippen molar-refractivity contribution in [3.63, 3.8) is 0 Å². The molecule has 0 fully saturated rings. The molecule has 0 aliphatic heterocycles. The lowest BCUT2D eigenvalue weighted by Gasteiger charge is -2.03. The quantitative estimate of drug-likeness (QED) is 0.356. The molecule has 150 valence electrons. The van der Waals surface area contributed by atoms with Gasteiger partial charge in [-0.25, -0.2) is 4.98 Å². The molecule has 5 rings (SSSR count). The van der Waals surface area contributed by atoms with E-state index in [0.717, 1.165) is 22.4 Å². The number of carbonyl (C=O) groups is 1. The van der Waals surface area contributed by atoms with E-state index < -0.39 is 0 Å². The highest BCUT2D eigenvalue weighted by Crippen LogP contribution is 2.28. The maximum absolute atomic E-state index is 12.5. The fraction of sp³-hybridized carbons (Fsp3) is 0. The lowest BCUT2D eigenvalue weighted by Crippen LogP contribution is -2.11. The number of nitrogens with one attached hydrogen (secondary N) is 1. The van der Waals surface area contributed by atoms with Gasteiger partial charge in [-0.15, -0.1) is 11.3 Å². The number of hydrogen-bond acceptors (Lipinski definition) is 5. The molecule has 0 spiro atoms. The summed E-state index contributed by atoms with van der Waals surface area (Å²) < 4.78 is 5.30. The van der Waals surface area contributed by atoms with E-state index in [2.05, 4.69) is 39.7 Å². The third-order valence-electron chi connectivity index (χ3n) is 4.81. The average Bonchev–Trinajstić information content (AvgIpc) is 3.51. The first-order valence-electron chi connectivity index (χ1n) is 9.71. The fourth-order valence-electron chi connectivity index (χ4n) is 3.21. The molecule has 5 aromatic rings. The first kappa shape index (κ1) is 19.0. The molecule has 2 heterocycles. The molecular weight excluding hydrogens is 406 g/mol. The summed E-state index contributed by atoms with van der Waals surface area (Å²) in [6.45, 7) is 0. The summed E-state index contributed by atoms with van der Waals surface area (Å²) in [5, 5.41) is 9.11. The number of thiazole rings is 1. The van der Waals surface area contributed by atoms with Gasteiger partial charge in [0.05, 0.1) is 5.69 Å². The van der Waals surface area contributed by atoms with Gasteiger partial charge in [-0.2, -0.15) is 0 Å². The Hall–Kier alpha value is -4.03. The third kappa shape index (κ3) is 4.15. The van der Waals surface area contributed by atoms with Gasteiger partial charge in [0.2, 0.25) is 0 Å². The summed E-state index contributed by atoms with van der Waals surface area (Å²) >= 11 is 1.37. The Balaban J connectivity index is 1.29. The third-order valence-corrected chi connectivity index (χ3v) is 5.57. The number of aromatic nitrogens is 2. The van der Waals surface area contributed by atoms with Crippen LogP contribution >= 0.6 is 11.3 Å². The van der Waals surface area contributed by atoms with E-state index in [-0.39, 0.29) is 11.6 Å². The van der Waals surface area contributed by atoms with Crippen molar-refractivity contribution in [1.29, 1.82) is 0 Å². The second kappa shape index (κ2) is 8.38. The lowest BCUT2D eigenvalue weighted by molar-refractivity contribution is 0.101. The fourth-order valence-corrected chi connectivity index (χ4v) is 3.92. The van der Waals surface area contributed by atoms with E-state index in [0.29, 0.717) is 10.9 Å². The van der Waals surface area contributed by atoms with E-state index in [1.54, 1.807) is 6.07 Å². The summed E-state index contributed by atoms with van der Waals surface area (Å²) in [7, 11) is 0. The smallest absolute Gasteiger partial charge is 0.279 e. The summed E-state index contributed by atoms with van der Waals surface area (Å²) in [6, 6.07) is 29.6. The first-order valence-corrected chi connectivity index (χ1v) is 10.6. The SMILES string of the molecule is O=C(Nc1nc(-c2ccc(-c3ccccc3)cc2)cs1)c1cc(-c2ccccc2)on1. The highest BCUT2D eigenvalue weighted by Gasteiger charge is 2.15. The molecule has 6 heteroatoms. The first-order chi connectivity index (χ1) is 15.3. The number of nitrogens with zero attached hydrogens (tertiary/aromatic N) is 2. The highest BCUT2D eigenvalue weighted by atomic mass is 32.1. The second-order valence-electron chi connectivity index (χ2n) is 6.88. The molecule has 0 atom stereocenters. The normalized spacial score (nSPS) is 10.7. The molecule has 0 radical (unpaired) electrons. The minimum atomic E-state index is -0.355. The number of rotatable bonds is 5. The Morgan fingerprint density at radius 1 is 0.774 bits per heavy atom. The van der Waals surface area contributed by atoms with Crippen molar-refractivity contribution in [2.24, 2.45) is 0 Å². The molecule has 0 saturated heterocycles. The van der Waals surface area contributed by atoms with Gasteiger partial charge < -0.3 is 4.52 Å². The Bertz CT molecular complexity index is 1310. The average molecular weight is 423 g/mol. The van der Waals surface area contributed by atoms with Crippen LogP contribution in [0.4, 0.5) is 5.13 Å². The monoisotopic (exact) mass is 423 g/mol. The Morgan fingerprint density at radius 2 is 1.39 bits per heavy atom. The van der Waals surface area contributed by atoms with Crippen LogP contribution < -0.4 is 5.32 Å². The van der Waals surface area contributed by atoms with Crippen molar-refractivity contribution in [3.05, 3.63) is 102 Å². The molecule has 0 aliphatic carbocycles. The molecule has 5 nitrogen and oxygen atoms in total. The van der Waals surface area contributed by atoms with E-state index in [9.17, 15) is 4.79 Å². The number of carbonyl (C=O) groups excluding carboxylic acids is 1. The number of anilines is 1. The van der Waals surface area contributed by atoms with Crippen LogP contribution in [0.25, 0.3) is 33.7 Å². The van der Waals surface area contributed by atoms with Crippen LogP contribution in [0.15, 0.2) is 101 Å². The van der Waals surface area contributed by atoms with Gasteiger partial charge in [0.1, 0.15) is 0 Å². The Morgan fingerprint density at radius 3 is 2.10 bits per heavy atom. The van der Waals surface area contributed by atoms with Gasteiger partial charge >= 0.3 is 0 Å². The van der Waals surface area contributed by atoms with Crippen LogP contribution in [0.1, 0.15) is 10.5 Å². The Labute approximate surface area is 183 Å². The molecule has 0 saturated carbocycles. The highest BCUT2D eigenvalue weighted by molar-refractivity contribution is 7.14. The van der Waals surface area contributed by atoms with E-state index >= 15 is 0 Å². The van der Waals surface area contributed by atoms with Crippen LogP contribution in [-0.2, 0) is 0 Å². The minimum absolute atomic E-state index is 0.211. The molecule has 0 aliphatic rings. The van der Waals surface area contributed by atoms with Crippen LogP contribution in [0.2, 0.25) is 0 Å². The predicted molar refractivity (Wildman–Crippen MR) is 123 cm³/mol. The lowest BCUT2D eigenvalue weighted by atomic mass is 10.0. The molecule has 0 bridgehead atoms. The minimum Gasteiger partial charge on any atom is -0.355 e. The molecule has 0 unspecified atom stereocenters. The largest absolute Gasteiger partial charge is 0.355 e. The zero-order valence-corrected chi connectivity index (χ0v) is 17.2. The van der Waals surface area contributed by atoms with E-state index in [1.807, 2.05) is 66.0 Å². The van der Waals surface area contributed by atoms with Crippen molar-refractivity contribution in [3.8, 4) is 33.7 Å². The van der Waals surface area contributed by atoms with Gasteiger partial charge in [-0.05, 0) is 11.1 Å². The van der Waals surface area contributed by atoms with Crippen molar-refractivity contribution >= 4 is 22.4 Å². The van der Waals surface area contributed by atoms with Crippen molar-refractivity contribution < 1.29 is 9.32 Å². The molecular formula is C25H17N3O2S. The summed E-state index contributed by atoms with van der Waals surface area (Å²) in [6.07, 6.45) is 0. The predicted octanol–water partition coefficient (Wildman–Crippen LogP) is 6.38. The Kier molecular flexibility index (Phi) is 5.12. The molecule has 3 aromatic carbocycles. The number of benzene rings is 3. The summed E-state index contributed by atoms with van der Waals surface area (Å²) in [5.74, 6) is 0.190. The zero-order valence-electron chi connectivity index (χ0n) is 16.4. The second-order valence-corrected chi connectivity index (χ2v) is 7.74. The maximum atomic E-state index is 12.5. The van der Waals surface area contributed by atoms with Crippen molar-refractivity contribution in [2.75, 3.05) is 5.32 Å². The van der Waals surface area contributed by atoms with Gasteiger partial charge in [0.15, 0.2) is 16.6 Å². The number of amides is 1. The molecule has 31 heavy (non-hydrogen) atoms. The van der Waals surface area contributed by atoms with E-state index in [4.69, 9.17) is 4.52 Å². The van der Waals surface area contributed by atoms with Crippen LogP contribution in [0.5, 0.6) is 0 Å². The summed E-state index contributed by atoms with van der Waals surface area (Å²) in [5.41, 5.74) is 5.19. The van der Waals surface area contributed by atoms with E-state index in [1.165, 1.54) is 16.9 Å². The van der Waals surface area contributed by atoms with Gasteiger partial charge in [0, 0.05) is 22.6 Å². The topological polar surface area (TPSA) is 68.0 Å². The molecule has 2 aromatic heterocycles. The van der Waals surface area contributed by atoms with Crippen LogP contribution in [-0.4, -0.2) is 16.0 Å². The van der Waals surface area contributed by atoms with Crippen molar-refractivity contribution in [1.82, 2.24) is 10.1 Å². The van der Waals surface area contributed by atoms with Gasteiger partial charge in [-0.3, -0.25) is 10.1 Å². The summed E-state index contributed by atoms with van der Waals surface area (Å²) in [4.78, 5) is 17.1. The molecule has 1 N–H and O–H groups in total. The van der Waals surface area contributed by atoms with Crippen LogP contribution in [0.3, 0.4) is 0 Å². The number of hydrogen-bond donors (Lipinski definition) is 1. The van der Waals surface area contributed by atoms with Gasteiger partial charge in [-0.1, -0.05) is 90.1 Å². The molecule has 1 amide bonds.